The highest BCUT2D eigenvalue weighted by Gasteiger charge is 2.38. The van der Waals surface area contributed by atoms with Gasteiger partial charge in [0.1, 0.15) is 23.3 Å². The molecule has 4 N–H and O–H groups in total. The molecule has 2 aromatic heterocycles. The molecular weight excluding hydrogens is 854 g/mol. The lowest BCUT2D eigenvalue weighted by molar-refractivity contribution is -0.131. The van der Waals surface area contributed by atoms with Crippen LogP contribution in [0.4, 0.5) is 43.2 Å². The summed E-state index contributed by atoms with van der Waals surface area (Å²) in [7, 11) is 4.24. The summed E-state index contributed by atoms with van der Waals surface area (Å²) in [6.45, 7) is 7.29. The van der Waals surface area contributed by atoms with E-state index in [0.29, 0.717) is 46.1 Å². The van der Waals surface area contributed by atoms with Gasteiger partial charge in [-0.1, -0.05) is 71.7 Å². The number of rotatable bonds is 16. The van der Waals surface area contributed by atoms with Gasteiger partial charge in [-0.25, -0.2) is 18.7 Å². The van der Waals surface area contributed by atoms with Crippen LogP contribution in [0.5, 0.6) is 0 Å². The van der Waals surface area contributed by atoms with Gasteiger partial charge in [-0.3, -0.25) is 14.6 Å². The van der Waals surface area contributed by atoms with E-state index >= 15 is 4.79 Å². The van der Waals surface area contributed by atoms with Crippen LogP contribution in [0.2, 0.25) is 10.0 Å². The van der Waals surface area contributed by atoms with Crippen LogP contribution in [-0.4, -0.2) is 102 Å². The largest absolute Gasteiger partial charge is 0.380 e. The van der Waals surface area contributed by atoms with Gasteiger partial charge in [0.05, 0.1) is 45.9 Å². The number of benzene rings is 4. The Kier molecular flexibility index (Phi) is 14.7. The molecule has 0 spiro atoms. The quantitative estimate of drug-likeness (QED) is 0.0747. The Morgan fingerprint density at radius 3 is 1.34 bits per heavy atom. The number of Topliss-reactive ketones (excluding diaryl/α,β-unsaturated/α-hetero) is 1. The fourth-order valence-electron chi connectivity index (χ4n) is 8.19. The van der Waals surface area contributed by atoms with E-state index in [0.717, 1.165) is 86.0 Å². The van der Waals surface area contributed by atoms with Crippen molar-refractivity contribution < 1.29 is 13.6 Å². The van der Waals surface area contributed by atoms with Crippen molar-refractivity contribution in [3.05, 3.63) is 166 Å². The number of pyridine rings is 2. The Balaban J connectivity index is 1.01. The van der Waals surface area contributed by atoms with E-state index < -0.39 is 12.1 Å². The standard InChI is InChI=1S/C49H52Cl2F2N10O/c1-60-17-21-62(22-18-60)47(35-9-13-39(14-10-35)58-45-27-43(41(50)31-56-45)54-29-33-5-3-7-37(52)25-33)49(64)48(63-23-19-61(2)20-24-63)36-11-15-40(16-12-36)59-46-28-44(42(51)32-57-46)55-30-34-6-4-8-38(53)26-34/h3-16,25-28,31-32,47-48H,17-24,29-30H2,1-2H3,(H2,54,56,58)(H2,55,57,59). The third kappa shape index (κ3) is 11.5. The Labute approximate surface area is 383 Å². The molecule has 2 unspecified atom stereocenters. The highest BCUT2D eigenvalue weighted by atomic mass is 35.5. The molecule has 2 fully saturated rings. The normalized spacial score (nSPS) is 16.2. The first kappa shape index (κ1) is 44.9. The van der Waals surface area contributed by atoms with Crippen molar-refractivity contribution in [2.75, 3.05) is 87.7 Å². The lowest BCUT2D eigenvalue weighted by Crippen LogP contribution is -2.52. The monoisotopic (exact) mass is 904 g/mol. The van der Waals surface area contributed by atoms with Crippen LogP contribution in [0.3, 0.4) is 0 Å². The van der Waals surface area contributed by atoms with Crippen LogP contribution in [0.15, 0.2) is 122 Å². The average Bonchev–Trinajstić information content (AvgIpc) is 3.29. The topological polar surface area (TPSA) is 104 Å². The number of ketones is 1. The Morgan fingerprint density at radius 1 is 0.578 bits per heavy atom. The Bertz CT molecular complexity index is 2340. The molecule has 64 heavy (non-hydrogen) atoms. The number of anilines is 6. The van der Waals surface area contributed by atoms with Crippen molar-refractivity contribution in [3.63, 3.8) is 0 Å². The van der Waals surface area contributed by atoms with Crippen molar-refractivity contribution in [1.29, 1.82) is 0 Å². The summed E-state index contributed by atoms with van der Waals surface area (Å²) in [5, 5.41) is 14.2. The van der Waals surface area contributed by atoms with Crippen molar-refractivity contribution in [2.24, 2.45) is 0 Å². The lowest BCUT2D eigenvalue weighted by Gasteiger charge is -2.42. The highest BCUT2D eigenvalue weighted by molar-refractivity contribution is 6.33. The number of likely N-dealkylation sites (N-methyl/N-ethyl adjacent to an activating group) is 2. The Morgan fingerprint density at radius 2 is 0.969 bits per heavy atom. The van der Waals surface area contributed by atoms with Gasteiger partial charge in [0.15, 0.2) is 5.78 Å². The second kappa shape index (κ2) is 20.9. The van der Waals surface area contributed by atoms with E-state index in [2.05, 4.69) is 64.9 Å². The van der Waals surface area contributed by atoms with Gasteiger partial charge in [0.2, 0.25) is 0 Å². The Hall–Kier alpha value is -5.67. The van der Waals surface area contributed by atoms with Gasteiger partial charge >= 0.3 is 0 Å². The molecule has 11 nitrogen and oxygen atoms in total. The van der Waals surface area contributed by atoms with Crippen LogP contribution >= 0.6 is 23.2 Å². The molecule has 4 aromatic carbocycles. The first-order valence-electron chi connectivity index (χ1n) is 21.5. The van der Waals surface area contributed by atoms with E-state index in [1.54, 1.807) is 24.5 Å². The molecular formula is C49H52Cl2F2N10O. The zero-order chi connectivity index (χ0) is 44.6. The minimum absolute atomic E-state index is 0.136. The maximum Gasteiger partial charge on any atom is 0.176 e. The van der Waals surface area contributed by atoms with Gasteiger partial charge in [-0.05, 0) is 84.9 Å². The molecule has 0 radical (unpaired) electrons. The minimum atomic E-state index is -0.478. The number of nitrogens with one attached hydrogen (secondary N) is 4. The highest BCUT2D eigenvalue weighted by Crippen LogP contribution is 2.35. The van der Waals surface area contributed by atoms with Crippen LogP contribution in [0, 0.1) is 11.6 Å². The van der Waals surface area contributed by atoms with Crippen molar-refractivity contribution in [2.45, 2.75) is 25.2 Å². The summed E-state index contributed by atoms with van der Waals surface area (Å²) in [5.41, 5.74) is 6.39. The molecule has 8 rings (SSSR count). The second-order valence-electron chi connectivity index (χ2n) is 16.4. The predicted molar refractivity (Wildman–Crippen MR) is 254 cm³/mol. The van der Waals surface area contributed by atoms with Gasteiger partial charge in [0.25, 0.3) is 0 Å². The van der Waals surface area contributed by atoms with Gasteiger partial charge in [-0.2, -0.15) is 0 Å². The number of halogens is 4. The molecule has 2 aliphatic rings. The molecule has 2 saturated heterocycles. The SMILES string of the molecule is CN1CCN(C(C(=O)C(c2ccc(Nc3cc(NCc4cccc(F)c4)c(Cl)cn3)cc2)N2CCN(C)CC2)c2ccc(Nc3cc(NCc4cccc(F)c4)c(Cl)cn3)cc2)CC1. The maximum absolute atomic E-state index is 15.4. The summed E-state index contributed by atoms with van der Waals surface area (Å²) in [6.07, 6.45) is 3.16. The maximum atomic E-state index is 15.4. The molecule has 332 valence electrons. The number of piperazine rings is 2. The first-order chi connectivity index (χ1) is 31.0. The molecule has 2 atom stereocenters. The second-order valence-corrected chi connectivity index (χ2v) is 17.3. The van der Waals surface area contributed by atoms with E-state index in [4.69, 9.17) is 23.2 Å². The molecule has 6 aromatic rings. The summed E-state index contributed by atoms with van der Waals surface area (Å²) >= 11 is 13.0. The molecule has 4 heterocycles. The lowest BCUT2D eigenvalue weighted by atomic mass is 9.90. The van der Waals surface area contributed by atoms with Crippen LogP contribution in [0.1, 0.15) is 34.3 Å². The third-order valence-electron chi connectivity index (χ3n) is 11.8. The third-order valence-corrected chi connectivity index (χ3v) is 12.4. The fourth-order valence-corrected chi connectivity index (χ4v) is 8.53. The fraction of sp³-hybridized carbons (Fsp3) is 0.286. The average molecular weight is 906 g/mol. The smallest absolute Gasteiger partial charge is 0.176 e. The zero-order valence-electron chi connectivity index (χ0n) is 35.9. The molecule has 0 aliphatic carbocycles. The summed E-state index contributed by atoms with van der Waals surface area (Å²) in [6, 6.07) is 31.7. The van der Waals surface area contributed by atoms with E-state index in [1.165, 1.54) is 24.3 Å². The molecule has 15 heteroatoms. The molecule has 0 bridgehead atoms. The number of nitrogens with zero attached hydrogens (tertiary/aromatic N) is 6. The van der Waals surface area contributed by atoms with Crippen LogP contribution in [0.25, 0.3) is 0 Å². The van der Waals surface area contributed by atoms with Gasteiger partial charge in [0, 0.05) is 89.0 Å². The number of carbonyl (C=O) groups excluding carboxylic acids is 1. The van der Waals surface area contributed by atoms with E-state index in [1.807, 2.05) is 72.8 Å². The van der Waals surface area contributed by atoms with Crippen LogP contribution in [-0.2, 0) is 17.9 Å². The van der Waals surface area contributed by atoms with Crippen molar-refractivity contribution in [1.82, 2.24) is 29.6 Å². The van der Waals surface area contributed by atoms with Gasteiger partial charge in [-0.15, -0.1) is 0 Å². The van der Waals surface area contributed by atoms with E-state index in [9.17, 15) is 8.78 Å². The summed E-state index contributed by atoms with van der Waals surface area (Å²) in [5.74, 6) is 0.722. The molecule has 0 saturated carbocycles. The number of carbonyl (C=O) groups is 1. The van der Waals surface area contributed by atoms with Crippen LogP contribution < -0.4 is 21.3 Å². The summed E-state index contributed by atoms with van der Waals surface area (Å²) in [4.78, 5) is 33.7. The molecule has 2 aliphatic heterocycles. The van der Waals surface area contributed by atoms with Gasteiger partial charge < -0.3 is 31.1 Å². The van der Waals surface area contributed by atoms with E-state index in [-0.39, 0.29) is 17.4 Å². The number of hydrogen-bond acceptors (Lipinski definition) is 11. The van der Waals surface area contributed by atoms with Crippen molar-refractivity contribution >= 4 is 63.4 Å². The number of aromatic nitrogens is 2. The summed E-state index contributed by atoms with van der Waals surface area (Å²) < 4.78 is 27.5. The number of hydrogen-bond donors (Lipinski definition) is 4. The minimum Gasteiger partial charge on any atom is -0.380 e. The first-order valence-corrected chi connectivity index (χ1v) is 22.2. The molecule has 0 amide bonds. The predicted octanol–water partition coefficient (Wildman–Crippen LogP) is 9.62. The zero-order valence-corrected chi connectivity index (χ0v) is 37.4. The van der Waals surface area contributed by atoms with Crippen molar-refractivity contribution in [3.8, 4) is 0 Å².